The summed E-state index contributed by atoms with van der Waals surface area (Å²) in [6.07, 6.45) is 0. The van der Waals surface area contributed by atoms with E-state index in [-0.39, 0.29) is 10.6 Å². The number of sulfonamides is 1. The lowest BCUT2D eigenvalue weighted by Gasteiger charge is -2.14. The minimum atomic E-state index is -3.82. The number of ether oxygens (including phenoxy) is 1. The molecule has 0 fully saturated rings. The second-order valence-corrected chi connectivity index (χ2v) is 6.71. The fraction of sp³-hybridized carbons (Fsp3) is 0.143. The van der Waals surface area contributed by atoms with E-state index in [9.17, 15) is 8.42 Å². The van der Waals surface area contributed by atoms with Gasteiger partial charge in [-0.1, -0.05) is 11.6 Å². The Bertz CT molecular complexity index is 781. The first-order chi connectivity index (χ1) is 9.68. The summed E-state index contributed by atoms with van der Waals surface area (Å²) < 4.78 is 28.5. The summed E-state index contributed by atoms with van der Waals surface area (Å²) in [7, 11) is -3.82. The average molecular weight is 327 g/mol. The SMILES string of the molecule is Cc1cc(Cl)cc(C)c1Oc1cc(S(N)(=O)=O)ccc1N. The normalized spacial score (nSPS) is 11.4. The zero-order valence-corrected chi connectivity index (χ0v) is 13.1. The van der Waals surface area contributed by atoms with Gasteiger partial charge in [0.25, 0.3) is 0 Å². The molecule has 0 aliphatic rings. The number of hydrogen-bond donors (Lipinski definition) is 2. The standard InChI is InChI=1S/C14H15ClN2O3S/c1-8-5-10(15)6-9(2)14(8)20-13-7-11(21(17,18)19)3-4-12(13)16/h3-7H,16H2,1-2H3,(H2,17,18,19). The Kier molecular flexibility index (Phi) is 4.13. The highest BCUT2D eigenvalue weighted by molar-refractivity contribution is 7.89. The van der Waals surface area contributed by atoms with Crippen molar-refractivity contribution in [3.63, 3.8) is 0 Å². The molecular weight excluding hydrogens is 312 g/mol. The monoisotopic (exact) mass is 326 g/mol. The van der Waals surface area contributed by atoms with Gasteiger partial charge in [-0.05, 0) is 49.2 Å². The van der Waals surface area contributed by atoms with Crippen LogP contribution in [0, 0.1) is 13.8 Å². The molecule has 0 saturated heterocycles. The Morgan fingerprint density at radius 1 is 1.10 bits per heavy atom. The van der Waals surface area contributed by atoms with Crippen molar-refractivity contribution in [1.29, 1.82) is 0 Å². The lowest BCUT2D eigenvalue weighted by atomic mass is 10.1. The van der Waals surface area contributed by atoms with Crippen LogP contribution >= 0.6 is 11.6 Å². The Hall–Kier alpha value is -1.76. The molecule has 4 N–H and O–H groups in total. The molecule has 7 heteroatoms. The van der Waals surface area contributed by atoms with E-state index in [0.29, 0.717) is 16.5 Å². The number of nitrogens with two attached hydrogens (primary N) is 2. The highest BCUT2D eigenvalue weighted by atomic mass is 35.5. The van der Waals surface area contributed by atoms with Gasteiger partial charge in [0.05, 0.1) is 10.6 Å². The highest BCUT2D eigenvalue weighted by Gasteiger charge is 2.14. The minimum Gasteiger partial charge on any atom is -0.455 e. The number of nitrogen functional groups attached to an aromatic ring is 1. The Morgan fingerprint density at radius 3 is 2.19 bits per heavy atom. The predicted molar refractivity (Wildman–Crippen MR) is 83.2 cm³/mol. The van der Waals surface area contributed by atoms with Gasteiger partial charge in [-0.25, -0.2) is 13.6 Å². The lowest BCUT2D eigenvalue weighted by Crippen LogP contribution is -2.12. The van der Waals surface area contributed by atoms with Gasteiger partial charge in [-0.2, -0.15) is 0 Å². The van der Waals surface area contributed by atoms with Crippen molar-refractivity contribution >= 4 is 27.3 Å². The number of anilines is 1. The summed E-state index contributed by atoms with van der Waals surface area (Å²) in [4.78, 5) is -0.0593. The molecule has 0 heterocycles. The van der Waals surface area contributed by atoms with Crippen LogP contribution in [-0.4, -0.2) is 8.42 Å². The molecule has 0 spiro atoms. The van der Waals surface area contributed by atoms with Crippen LogP contribution in [0.15, 0.2) is 35.2 Å². The van der Waals surface area contributed by atoms with Gasteiger partial charge >= 0.3 is 0 Å². The lowest BCUT2D eigenvalue weighted by molar-refractivity contribution is 0.475. The summed E-state index contributed by atoms with van der Waals surface area (Å²) in [5, 5.41) is 5.71. The topological polar surface area (TPSA) is 95.4 Å². The predicted octanol–water partition coefficient (Wildman–Crippen LogP) is 2.98. The van der Waals surface area contributed by atoms with Crippen molar-refractivity contribution < 1.29 is 13.2 Å². The van der Waals surface area contributed by atoms with Crippen LogP contribution in [0.2, 0.25) is 5.02 Å². The van der Waals surface area contributed by atoms with Crippen LogP contribution in [0.25, 0.3) is 0 Å². The molecule has 2 aromatic rings. The summed E-state index contributed by atoms with van der Waals surface area (Å²) in [6.45, 7) is 3.68. The summed E-state index contributed by atoms with van der Waals surface area (Å²) >= 11 is 5.97. The molecule has 2 rings (SSSR count). The van der Waals surface area contributed by atoms with Gasteiger partial charge in [0.1, 0.15) is 5.75 Å². The van der Waals surface area contributed by atoms with Gasteiger partial charge in [-0.3, -0.25) is 0 Å². The van der Waals surface area contributed by atoms with E-state index in [1.807, 2.05) is 13.8 Å². The largest absolute Gasteiger partial charge is 0.455 e. The molecule has 2 aromatic carbocycles. The third-order valence-electron chi connectivity index (χ3n) is 2.95. The number of benzene rings is 2. The summed E-state index contributed by atoms with van der Waals surface area (Å²) in [5.74, 6) is 0.813. The molecule has 0 radical (unpaired) electrons. The number of halogens is 1. The third kappa shape index (κ3) is 3.47. The second-order valence-electron chi connectivity index (χ2n) is 4.72. The van der Waals surface area contributed by atoms with E-state index < -0.39 is 10.0 Å². The second kappa shape index (κ2) is 5.55. The molecule has 0 aliphatic heterocycles. The van der Waals surface area contributed by atoms with Crippen molar-refractivity contribution in [1.82, 2.24) is 0 Å². The Labute approximate surface area is 128 Å². The minimum absolute atomic E-state index is 0.0593. The first-order valence-corrected chi connectivity index (χ1v) is 7.98. The first kappa shape index (κ1) is 15.6. The van der Waals surface area contributed by atoms with Gasteiger partial charge in [0.15, 0.2) is 5.75 Å². The van der Waals surface area contributed by atoms with Crippen LogP contribution in [0.5, 0.6) is 11.5 Å². The van der Waals surface area contributed by atoms with Gasteiger partial charge in [-0.15, -0.1) is 0 Å². The maximum Gasteiger partial charge on any atom is 0.238 e. The van der Waals surface area contributed by atoms with E-state index in [0.717, 1.165) is 11.1 Å². The Morgan fingerprint density at radius 2 is 1.67 bits per heavy atom. The number of hydrogen-bond acceptors (Lipinski definition) is 4. The molecule has 0 atom stereocenters. The molecule has 0 amide bonds. The maximum absolute atomic E-state index is 11.4. The molecule has 0 aliphatic carbocycles. The van der Waals surface area contributed by atoms with E-state index in [2.05, 4.69) is 0 Å². The van der Waals surface area contributed by atoms with Crippen molar-refractivity contribution in [3.8, 4) is 11.5 Å². The molecule has 0 unspecified atom stereocenters. The maximum atomic E-state index is 11.4. The molecule has 0 saturated carbocycles. The van der Waals surface area contributed by atoms with E-state index in [4.69, 9.17) is 27.2 Å². The molecule has 21 heavy (non-hydrogen) atoms. The van der Waals surface area contributed by atoms with Crippen LogP contribution in [-0.2, 0) is 10.0 Å². The van der Waals surface area contributed by atoms with Crippen molar-refractivity contribution in [2.24, 2.45) is 5.14 Å². The van der Waals surface area contributed by atoms with E-state index >= 15 is 0 Å². The molecule has 5 nitrogen and oxygen atoms in total. The average Bonchev–Trinajstić information content (AvgIpc) is 2.34. The third-order valence-corrected chi connectivity index (χ3v) is 4.08. The van der Waals surface area contributed by atoms with Crippen LogP contribution in [0.1, 0.15) is 11.1 Å². The highest BCUT2D eigenvalue weighted by Crippen LogP contribution is 2.34. The molecular formula is C14H15ClN2O3S. The molecule has 0 aromatic heterocycles. The van der Waals surface area contributed by atoms with Gasteiger partial charge in [0.2, 0.25) is 10.0 Å². The summed E-state index contributed by atoms with van der Waals surface area (Å²) in [6, 6.07) is 7.58. The molecule has 112 valence electrons. The molecule has 0 bridgehead atoms. The fourth-order valence-electron chi connectivity index (χ4n) is 1.95. The zero-order chi connectivity index (χ0) is 15.8. The first-order valence-electron chi connectivity index (χ1n) is 6.05. The van der Waals surface area contributed by atoms with E-state index in [1.54, 1.807) is 12.1 Å². The Balaban J connectivity index is 2.50. The zero-order valence-electron chi connectivity index (χ0n) is 11.6. The number of rotatable bonds is 3. The van der Waals surface area contributed by atoms with Crippen molar-refractivity contribution in [3.05, 3.63) is 46.5 Å². The van der Waals surface area contributed by atoms with Crippen molar-refractivity contribution in [2.75, 3.05) is 5.73 Å². The van der Waals surface area contributed by atoms with E-state index in [1.165, 1.54) is 18.2 Å². The van der Waals surface area contributed by atoms with Gasteiger partial charge in [0, 0.05) is 11.1 Å². The van der Waals surface area contributed by atoms with Crippen molar-refractivity contribution in [2.45, 2.75) is 18.7 Å². The van der Waals surface area contributed by atoms with Crippen LogP contribution < -0.4 is 15.6 Å². The van der Waals surface area contributed by atoms with Crippen LogP contribution in [0.3, 0.4) is 0 Å². The summed E-state index contributed by atoms with van der Waals surface area (Å²) in [5.41, 5.74) is 7.78. The smallest absolute Gasteiger partial charge is 0.238 e. The number of primary sulfonamides is 1. The fourth-order valence-corrected chi connectivity index (χ4v) is 2.80. The van der Waals surface area contributed by atoms with Crippen LogP contribution in [0.4, 0.5) is 5.69 Å². The van der Waals surface area contributed by atoms with Gasteiger partial charge < -0.3 is 10.5 Å². The number of aryl methyl sites for hydroxylation is 2. The quantitative estimate of drug-likeness (QED) is 0.847.